The molecule has 4 aromatic heterocycles. The molecule has 2 aliphatic rings. The first-order chi connectivity index (χ1) is 22.3. The minimum atomic E-state index is 0.590. The van der Waals surface area contributed by atoms with Gasteiger partial charge in [0.2, 0.25) is 0 Å². The van der Waals surface area contributed by atoms with Gasteiger partial charge in [0, 0.05) is 48.7 Å². The number of fused-ring (bicyclic) bond motifs is 20. The van der Waals surface area contributed by atoms with Crippen molar-refractivity contribution < 1.29 is 0 Å². The van der Waals surface area contributed by atoms with E-state index in [2.05, 4.69) is 45.7 Å². The fourth-order valence-electron chi connectivity index (χ4n) is 6.24. The molecule has 0 fully saturated rings. The average Bonchev–Trinajstić information content (AvgIpc) is 3.91. The second-order valence-electron chi connectivity index (χ2n) is 11.0. The van der Waals surface area contributed by atoms with Crippen LogP contribution in [-0.2, 0) is 0 Å². The molecule has 0 saturated carbocycles. The highest BCUT2D eigenvalue weighted by atomic mass is 32.1. The van der Waals surface area contributed by atoms with E-state index in [1.165, 1.54) is 4.88 Å². The van der Waals surface area contributed by atoms with Crippen molar-refractivity contribution in [3.05, 3.63) is 109 Å². The van der Waals surface area contributed by atoms with E-state index in [0.717, 1.165) is 49.4 Å². The highest BCUT2D eigenvalue weighted by molar-refractivity contribution is 7.13. The highest BCUT2D eigenvalue weighted by Gasteiger charge is 2.22. The molecule has 0 atom stereocenters. The van der Waals surface area contributed by atoms with Crippen LogP contribution in [0.4, 0.5) is 0 Å². The van der Waals surface area contributed by atoms with Crippen LogP contribution >= 0.6 is 11.3 Å². The van der Waals surface area contributed by atoms with E-state index in [-0.39, 0.29) is 0 Å². The molecule has 45 heavy (non-hydrogen) atoms. The molecular formula is C36H20N8S. The SMILES string of the molecule is c1csc(-c2ccc3c4nc5nc(nc6[nH]c(nc7nc(nc([nH]4)c3c2)-c2ccccc2-7)c2ccccc62)-c2ccccc2-5)c1. The fraction of sp³-hybridized carbons (Fsp3) is 0. The number of nitrogens with one attached hydrogen (secondary N) is 2. The summed E-state index contributed by atoms with van der Waals surface area (Å²) in [7, 11) is 0. The van der Waals surface area contributed by atoms with Gasteiger partial charge in [0.05, 0.1) is 0 Å². The van der Waals surface area contributed by atoms with Gasteiger partial charge in [-0.1, -0.05) is 84.9 Å². The summed E-state index contributed by atoms with van der Waals surface area (Å²) in [6.45, 7) is 0. The van der Waals surface area contributed by atoms with Crippen molar-refractivity contribution in [2.75, 3.05) is 0 Å². The molecule has 9 heteroatoms. The van der Waals surface area contributed by atoms with Crippen molar-refractivity contribution >= 4 is 55.5 Å². The molecule has 2 aliphatic heterocycles. The lowest BCUT2D eigenvalue weighted by atomic mass is 10.1. The summed E-state index contributed by atoms with van der Waals surface area (Å²) < 4.78 is 0. The van der Waals surface area contributed by atoms with Gasteiger partial charge in [0.15, 0.2) is 23.3 Å². The number of H-pyrrole nitrogens is 2. The zero-order valence-corrected chi connectivity index (χ0v) is 24.3. The molecule has 8 bridgehead atoms. The van der Waals surface area contributed by atoms with E-state index in [1.807, 2.05) is 72.8 Å². The van der Waals surface area contributed by atoms with Crippen molar-refractivity contribution in [2.45, 2.75) is 0 Å². The third kappa shape index (κ3) is 3.71. The molecule has 0 radical (unpaired) electrons. The van der Waals surface area contributed by atoms with Crippen LogP contribution in [0, 0.1) is 0 Å². The molecule has 6 heterocycles. The Bertz CT molecular complexity index is 2660. The Hall–Kier alpha value is -6.06. The Morgan fingerprint density at radius 1 is 0.400 bits per heavy atom. The Morgan fingerprint density at radius 3 is 1.31 bits per heavy atom. The van der Waals surface area contributed by atoms with Crippen LogP contribution < -0.4 is 0 Å². The monoisotopic (exact) mass is 596 g/mol. The molecule has 0 unspecified atom stereocenters. The Morgan fingerprint density at radius 2 is 0.844 bits per heavy atom. The molecule has 0 aliphatic carbocycles. The molecule has 10 rings (SSSR count). The predicted octanol–water partition coefficient (Wildman–Crippen LogP) is 8.60. The largest absolute Gasteiger partial charge is 0.324 e. The van der Waals surface area contributed by atoms with Crippen LogP contribution in [0.25, 0.3) is 100 Å². The lowest BCUT2D eigenvalue weighted by molar-refractivity contribution is 1.19. The molecular weight excluding hydrogens is 577 g/mol. The van der Waals surface area contributed by atoms with Crippen LogP contribution in [0.3, 0.4) is 0 Å². The average molecular weight is 597 g/mol. The molecule has 8 aromatic rings. The Balaban J connectivity index is 1.39. The van der Waals surface area contributed by atoms with E-state index in [1.54, 1.807) is 11.3 Å². The number of aromatic nitrogens is 8. The predicted molar refractivity (Wildman–Crippen MR) is 179 cm³/mol. The zero-order chi connectivity index (χ0) is 29.5. The van der Waals surface area contributed by atoms with Gasteiger partial charge in [-0.2, -0.15) is 0 Å². The minimum absolute atomic E-state index is 0.590. The van der Waals surface area contributed by atoms with E-state index in [9.17, 15) is 0 Å². The van der Waals surface area contributed by atoms with Gasteiger partial charge in [-0.15, -0.1) is 11.3 Å². The number of hydrogen-bond donors (Lipinski definition) is 2. The topological polar surface area (TPSA) is 109 Å². The summed E-state index contributed by atoms with van der Waals surface area (Å²) in [4.78, 5) is 38.5. The number of rotatable bonds is 1. The van der Waals surface area contributed by atoms with Gasteiger partial charge >= 0.3 is 0 Å². The maximum Gasteiger partial charge on any atom is 0.164 e. The summed E-state index contributed by atoms with van der Waals surface area (Å²) in [6, 6.07) is 34.8. The number of benzene rings is 4. The van der Waals surface area contributed by atoms with Crippen LogP contribution in [0.5, 0.6) is 0 Å². The van der Waals surface area contributed by atoms with Gasteiger partial charge in [-0.3, -0.25) is 0 Å². The number of nitrogens with zero attached hydrogens (tertiary/aromatic N) is 6. The summed E-state index contributed by atoms with van der Waals surface area (Å²) in [5, 5.41) is 5.89. The van der Waals surface area contributed by atoms with Crippen molar-refractivity contribution in [3.63, 3.8) is 0 Å². The van der Waals surface area contributed by atoms with Crippen LogP contribution in [0.1, 0.15) is 0 Å². The number of hydrogen-bond acceptors (Lipinski definition) is 7. The molecule has 2 N–H and O–H groups in total. The number of aromatic amines is 2. The van der Waals surface area contributed by atoms with Crippen LogP contribution in [0.15, 0.2) is 109 Å². The van der Waals surface area contributed by atoms with Crippen molar-refractivity contribution in [3.8, 4) is 56.0 Å². The van der Waals surface area contributed by atoms with E-state index < -0.39 is 0 Å². The first-order valence-electron chi connectivity index (χ1n) is 14.5. The Kier molecular flexibility index (Phi) is 5.00. The third-order valence-electron chi connectivity index (χ3n) is 8.36. The molecule has 4 aromatic carbocycles. The summed E-state index contributed by atoms with van der Waals surface area (Å²) in [5.41, 5.74) is 7.52. The first-order valence-corrected chi connectivity index (χ1v) is 15.4. The lowest BCUT2D eigenvalue weighted by Gasteiger charge is -1.99. The maximum atomic E-state index is 5.14. The van der Waals surface area contributed by atoms with Crippen LogP contribution in [0.2, 0.25) is 0 Å². The van der Waals surface area contributed by atoms with Gasteiger partial charge in [-0.05, 0) is 29.1 Å². The van der Waals surface area contributed by atoms with Crippen molar-refractivity contribution in [1.29, 1.82) is 0 Å². The number of thiophene rings is 1. The molecule has 0 amide bonds. The summed E-state index contributed by atoms with van der Waals surface area (Å²) in [5.74, 6) is 2.37. The summed E-state index contributed by atoms with van der Waals surface area (Å²) in [6.07, 6.45) is 0. The minimum Gasteiger partial charge on any atom is -0.324 e. The van der Waals surface area contributed by atoms with Crippen molar-refractivity contribution in [2.24, 2.45) is 0 Å². The zero-order valence-electron chi connectivity index (χ0n) is 23.5. The normalized spacial score (nSPS) is 12.0. The quantitative estimate of drug-likeness (QED) is 0.196. The standard InChI is InChI=1S/C36H20N8S/c1-2-9-21-20(8-1)29-37-30(21)39-32-24-12-5-6-13-25(24)34(41-32)43-36-27-18-19(28-14-7-17-45-28)15-16-26(27)35(44-36)42-33-23-11-4-3-10-22(23)31(38-29)40-33/h1-18H,(H2,37,38,39,40,41,42,43,44). The van der Waals surface area contributed by atoms with Crippen LogP contribution in [-0.4, -0.2) is 39.9 Å². The van der Waals surface area contributed by atoms with Gasteiger partial charge in [0.25, 0.3) is 0 Å². The molecule has 0 spiro atoms. The van der Waals surface area contributed by atoms with E-state index in [0.29, 0.717) is 45.9 Å². The van der Waals surface area contributed by atoms with Gasteiger partial charge in [0.1, 0.15) is 22.6 Å². The fourth-order valence-corrected chi connectivity index (χ4v) is 6.96. The second-order valence-corrected chi connectivity index (χ2v) is 11.9. The highest BCUT2D eigenvalue weighted by Crippen LogP contribution is 2.37. The summed E-state index contributed by atoms with van der Waals surface area (Å²) >= 11 is 1.71. The smallest absolute Gasteiger partial charge is 0.164 e. The van der Waals surface area contributed by atoms with E-state index >= 15 is 0 Å². The van der Waals surface area contributed by atoms with Gasteiger partial charge in [-0.25, -0.2) is 29.9 Å². The van der Waals surface area contributed by atoms with Crippen molar-refractivity contribution in [1.82, 2.24) is 39.9 Å². The molecule has 8 nitrogen and oxygen atoms in total. The van der Waals surface area contributed by atoms with E-state index in [4.69, 9.17) is 29.9 Å². The molecule has 210 valence electrons. The van der Waals surface area contributed by atoms with Gasteiger partial charge < -0.3 is 9.97 Å². The lowest BCUT2D eigenvalue weighted by Crippen LogP contribution is -1.82. The molecule has 0 saturated heterocycles. The third-order valence-corrected chi connectivity index (χ3v) is 9.28. The first kappa shape index (κ1) is 24.4. The maximum absolute atomic E-state index is 5.14. The Labute approximate surface area is 259 Å². The second kappa shape index (κ2) is 9.22.